The van der Waals surface area contributed by atoms with E-state index in [0.29, 0.717) is 18.4 Å². The molecule has 0 amide bonds. The summed E-state index contributed by atoms with van der Waals surface area (Å²) in [4.78, 5) is 0. The highest BCUT2D eigenvalue weighted by Gasteiger charge is 2.51. The van der Waals surface area contributed by atoms with E-state index in [4.69, 9.17) is 14.2 Å². The van der Waals surface area contributed by atoms with Gasteiger partial charge in [0.05, 0.1) is 19.3 Å². The summed E-state index contributed by atoms with van der Waals surface area (Å²) < 4.78 is 18.8. The summed E-state index contributed by atoms with van der Waals surface area (Å²) in [6.45, 7) is 6.63. The molecule has 3 aliphatic rings. The van der Waals surface area contributed by atoms with Crippen LogP contribution in [0.4, 0.5) is 11.4 Å². The van der Waals surface area contributed by atoms with Crippen molar-refractivity contribution in [2.75, 3.05) is 25.1 Å². The number of ether oxygens (including phenoxy) is 3. The molecule has 0 bridgehead atoms. The van der Waals surface area contributed by atoms with Crippen molar-refractivity contribution in [1.29, 1.82) is 0 Å². The average Bonchev–Trinajstić information content (AvgIpc) is 3.32. The molecule has 4 nitrogen and oxygen atoms in total. The van der Waals surface area contributed by atoms with Crippen LogP contribution in [0, 0.1) is 5.92 Å². The first-order chi connectivity index (χ1) is 12.7. The number of rotatable bonds is 2. The van der Waals surface area contributed by atoms with Gasteiger partial charge in [0.2, 0.25) is 5.79 Å². The summed E-state index contributed by atoms with van der Waals surface area (Å²) in [6, 6.07) is 14.9. The van der Waals surface area contributed by atoms with Gasteiger partial charge in [-0.25, -0.2) is 0 Å². The van der Waals surface area contributed by atoms with Gasteiger partial charge in [-0.2, -0.15) is 0 Å². The van der Waals surface area contributed by atoms with Gasteiger partial charge in [-0.1, -0.05) is 38.1 Å². The summed E-state index contributed by atoms with van der Waals surface area (Å²) >= 11 is 0. The van der Waals surface area contributed by atoms with Gasteiger partial charge in [-0.3, -0.25) is 0 Å². The van der Waals surface area contributed by atoms with E-state index in [1.165, 1.54) is 5.56 Å². The van der Waals surface area contributed by atoms with E-state index in [-0.39, 0.29) is 6.10 Å². The summed E-state index contributed by atoms with van der Waals surface area (Å²) in [5.74, 6) is 0.0399. The largest absolute Gasteiger partial charge is 0.381 e. The highest BCUT2D eigenvalue weighted by Crippen LogP contribution is 2.51. The number of fused-ring (bicyclic) bond motifs is 4. The first-order valence-corrected chi connectivity index (χ1v) is 9.58. The molecule has 2 saturated heterocycles. The molecule has 5 rings (SSSR count). The molecule has 3 aliphatic heterocycles. The first-order valence-electron chi connectivity index (χ1n) is 9.58. The molecule has 3 atom stereocenters. The minimum absolute atomic E-state index is 0.0687. The maximum atomic E-state index is 6.72. The zero-order valence-electron chi connectivity index (χ0n) is 15.3. The van der Waals surface area contributed by atoms with E-state index in [9.17, 15) is 0 Å². The third-order valence-corrected chi connectivity index (χ3v) is 5.87. The van der Waals surface area contributed by atoms with Crippen molar-refractivity contribution in [3.63, 3.8) is 0 Å². The molecule has 0 radical (unpaired) electrons. The summed E-state index contributed by atoms with van der Waals surface area (Å²) in [7, 11) is 0. The van der Waals surface area contributed by atoms with Crippen LogP contribution in [0.3, 0.4) is 0 Å². The molecule has 1 N–H and O–H groups in total. The summed E-state index contributed by atoms with van der Waals surface area (Å²) in [5, 5.41) is 3.56. The van der Waals surface area contributed by atoms with Crippen LogP contribution in [0.15, 0.2) is 42.5 Å². The van der Waals surface area contributed by atoms with Crippen LogP contribution < -0.4 is 5.32 Å². The minimum Gasteiger partial charge on any atom is -0.381 e. The fourth-order valence-electron chi connectivity index (χ4n) is 4.31. The third-order valence-electron chi connectivity index (χ3n) is 5.87. The van der Waals surface area contributed by atoms with Crippen LogP contribution in [0.1, 0.15) is 42.9 Å². The van der Waals surface area contributed by atoms with Gasteiger partial charge >= 0.3 is 0 Å². The van der Waals surface area contributed by atoms with Crippen molar-refractivity contribution in [2.45, 2.75) is 38.1 Å². The number of hydrogen-bond donors (Lipinski definition) is 1. The maximum Gasteiger partial charge on any atom is 0.226 e. The Labute approximate surface area is 154 Å². The standard InChI is InChI=1S/C22H25NO3/c1-14(2)15-7-8-20-18(11-15)22(17-5-3-4-6-19(17)23-20)25-13-21(26-22)16-9-10-24-12-16/h3-8,11,14,16,21,23H,9-10,12-13H2,1-2H3. The second kappa shape index (κ2) is 6.08. The van der Waals surface area contributed by atoms with Gasteiger partial charge in [0.15, 0.2) is 0 Å². The predicted octanol–water partition coefficient (Wildman–Crippen LogP) is 4.52. The van der Waals surface area contributed by atoms with Crippen LogP contribution in [0.5, 0.6) is 0 Å². The molecule has 2 fully saturated rings. The topological polar surface area (TPSA) is 39.7 Å². The number of nitrogens with one attached hydrogen (secondary N) is 1. The lowest BCUT2D eigenvalue weighted by Crippen LogP contribution is -2.35. The Hall–Kier alpha value is -1.88. The number of benzene rings is 2. The molecular formula is C22H25NO3. The second-order valence-corrected chi connectivity index (χ2v) is 7.84. The molecule has 0 aromatic heterocycles. The molecule has 4 heteroatoms. The van der Waals surface area contributed by atoms with E-state index in [1.807, 2.05) is 6.07 Å². The summed E-state index contributed by atoms with van der Waals surface area (Å²) in [6.07, 6.45) is 1.11. The number of para-hydroxylation sites is 1. The highest BCUT2D eigenvalue weighted by molar-refractivity contribution is 5.74. The lowest BCUT2D eigenvalue weighted by atomic mass is 9.87. The Balaban J connectivity index is 1.63. The van der Waals surface area contributed by atoms with Gasteiger partial charge in [0, 0.05) is 35.0 Å². The average molecular weight is 351 g/mol. The molecule has 1 spiro atoms. The highest BCUT2D eigenvalue weighted by atomic mass is 16.7. The normalized spacial score (nSPS) is 29.7. The maximum absolute atomic E-state index is 6.72. The second-order valence-electron chi connectivity index (χ2n) is 7.84. The first kappa shape index (κ1) is 16.3. The van der Waals surface area contributed by atoms with Crippen molar-refractivity contribution in [2.24, 2.45) is 5.92 Å². The molecule has 2 aromatic carbocycles. The van der Waals surface area contributed by atoms with E-state index >= 15 is 0 Å². The van der Waals surface area contributed by atoms with E-state index in [2.05, 4.69) is 55.6 Å². The van der Waals surface area contributed by atoms with Gasteiger partial charge in [0.1, 0.15) is 0 Å². The van der Waals surface area contributed by atoms with Crippen LogP contribution in [-0.4, -0.2) is 25.9 Å². The van der Waals surface area contributed by atoms with Crippen LogP contribution in [-0.2, 0) is 20.0 Å². The molecule has 2 aromatic rings. The van der Waals surface area contributed by atoms with Gasteiger partial charge in [-0.15, -0.1) is 0 Å². The molecule has 0 aliphatic carbocycles. The fourth-order valence-corrected chi connectivity index (χ4v) is 4.31. The molecule has 0 saturated carbocycles. The molecular weight excluding hydrogens is 326 g/mol. The number of anilines is 2. The Morgan fingerprint density at radius 2 is 1.88 bits per heavy atom. The molecule has 3 heterocycles. The van der Waals surface area contributed by atoms with E-state index in [0.717, 1.165) is 42.1 Å². The zero-order valence-corrected chi connectivity index (χ0v) is 15.3. The van der Waals surface area contributed by atoms with Crippen molar-refractivity contribution in [3.8, 4) is 0 Å². The van der Waals surface area contributed by atoms with Crippen molar-refractivity contribution >= 4 is 11.4 Å². The monoisotopic (exact) mass is 351 g/mol. The fraction of sp³-hybridized carbons (Fsp3) is 0.455. The van der Waals surface area contributed by atoms with Gasteiger partial charge in [-0.05, 0) is 36.1 Å². The lowest BCUT2D eigenvalue weighted by molar-refractivity contribution is -0.148. The van der Waals surface area contributed by atoms with Crippen molar-refractivity contribution < 1.29 is 14.2 Å². The SMILES string of the molecule is CC(C)c1ccc2c(c1)C1(OCC(C3CCOC3)O1)c1ccccc1N2. The van der Waals surface area contributed by atoms with Gasteiger partial charge < -0.3 is 19.5 Å². The van der Waals surface area contributed by atoms with Crippen LogP contribution >= 0.6 is 0 Å². The van der Waals surface area contributed by atoms with E-state index < -0.39 is 5.79 Å². The smallest absolute Gasteiger partial charge is 0.226 e. The predicted molar refractivity (Wildman–Crippen MR) is 101 cm³/mol. The minimum atomic E-state index is -0.824. The Kier molecular flexibility index (Phi) is 3.82. The van der Waals surface area contributed by atoms with Crippen molar-refractivity contribution in [3.05, 3.63) is 59.2 Å². The van der Waals surface area contributed by atoms with Crippen molar-refractivity contribution in [1.82, 2.24) is 0 Å². The third kappa shape index (κ3) is 2.40. The van der Waals surface area contributed by atoms with Crippen LogP contribution in [0.25, 0.3) is 0 Å². The summed E-state index contributed by atoms with van der Waals surface area (Å²) in [5.41, 5.74) is 5.57. The Bertz CT molecular complexity index is 828. The number of hydrogen-bond acceptors (Lipinski definition) is 4. The van der Waals surface area contributed by atoms with Gasteiger partial charge in [0.25, 0.3) is 0 Å². The lowest BCUT2D eigenvalue weighted by Gasteiger charge is -2.37. The quantitative estimate of drug-likeness (QED) is 0.863. The Morgan fingerprint density at radius 3 is 2.69 bits per heavy atom. The van der Waals surface area contributed by atoms with E-state index in [1.54, 1.807) is 0 Å². The zero-order chi connectivity index (χ0) is 17.7. The Morgan fingerprint density at radius 1 is 1.04 bits per heavy atom. The molecule has 136 valence electrons. The molecule has 3 unspecified atom stereocenters. The molecule has 26 heavy (non-hydrogen) atoms. The van der Waals surface area contributed by atoms with Crippen LogP contribution in [0.2, 0.25) is 0 Å².